The fourth-order valence-electron chi connectivity index (χ4n) is 3.84. The zero-order chi connectivity index (χ0) is 17.3. The Labute approximate surface area is 143 Å². The van der Waals surface area contributed by atoms with Gasteiger partial charge in [0.2, 0.25) is 0 Å². The molecular formula is C21H15FN2O. The van der Waals surface area contributed by atoms with Gasteiger partial charge in [-0.2, -0.15) is 0 Å². The molecule has 1 aliphatic heterocycles. The van der Waals surface area contributed by atoms with E-state index in [9.17, 15) is 9.18 Å². The molecule has 3 aromatic carbocycles. The van der Waals surface area contributed by atoms with Crippen molar-refractivity contribution < 1.29 is 4.39 Å². The molecule has 1 aliphatic rings. The van der Waals surface area contributed by atoms with Crippen LogP contribution in [0.4, 0.5) is 4.39 Å². The molecule has 0 N–H and O–H groups in total. The zero-order valence-electron chi connectivity index (χ0n) is 13.9. The molecule has 0 atom stereocenters. The standard InChI is InChI=1S/C21H15FN2O/c1-21(2)16-11-14(22)7-8-18(16)24-19(25)15-9-12-5-3-4-6-13(12)10-17(15)23-20(21)24/h3-11H,1-2H3. The van der Waals surface area contributed by atoms with Crippen LogP contribution in [0.25, 0.3) is 27.4 Å². The summed E-state index contributed by atoms with van der Waals surface area (Å²) in [4.78, 5) is 18.0. The maximum atomic E-state index is 13.8. The van der Waals surface area contributed by atoms with E-state index in [-0.39, 0.29) is 11.4 Å². The molecule has 0 saturated heterocycles. The summed E-state index contributed by atoms with van der Waals surface area (Å²) in [5.74, 6) is 0.351. The van der Waals surface area contributed by atoms with Gasteiger partial charge < -0.3 is 0 Å². The average molecular weight is 330 g/mol. The Morgan fingerprint density at radius 3 is 2.48 bits per heavy atom. The second-order valence-electron chi connectivity index (χ2n) is 7.08. The van der Waals surface area contributed by atoms with Gasteiger partial charge in [0.1, 0.15) is 11.6 Å². The lowest BCUT2D eigenvalue weighted by atomic mass is 9.85. The Kier molecular flexibility index (Phi) is 2.60. The lowest BCUT2D eigenvalue weighted by Crippen LogP contribution is -2.25. The van der Waals surface area contributed by atoms with Crippen molar-refractivity contribution in [3.63, 3.8) is 0 Å². The van der Waals surface area contributed by atoms with Crippen LogP contribution in [0.5, 0.6) is 0 Å². The fraction of sp³-hybridized carbons (Fsp3) is 0.143. The van der Waals surface area contributed by atoms with Crippen LogP contribution in [0.1, 0.15) is 25.2 Å². The van der Waals surface area contributed by atoms with Gasteiger partial charge in [-0.3, -0.25) is 9.36 Å². The molecular weight excluding hydrogens is 315 g/mol. The molecule has 0 unspecified atom stereocenters. The summed E-state index contributed by atoms with van der Waals surface area (Å²) in [5, 5.41) is 2.63. The fourth-order valence-corrected chi connectivity index (χ4v) is 3.84. The summed E-state index contributed by atoms with van der Waals surface area (Å²) in [7, 11) is 0. The van der Waals surface area contributed by atoms with Gasteiger partial charge in [-0.15, -0.1) is 0 Å². The van der Waals surface area contributed by atoms with Gasteiger partial charge in [0.15, 0.2) is 0 Å². The lowest BCUT2D eigenvalue weighted by Gasteiger charge is -2.18. The van der Waals surface area contributed by atoms with Crippen molar-refractivity contribution in [3.8, 4) is 5.69 Å². The van der Waals surface area contributed by atoms with Gasteiger partial charge in [-0.25, -0.2) is 9.37 Å². The summed E-state index contributed by atoms with van der Waals surface area (Å²) >= 11 is 0. The van der Waals surface area contributed by atoms with Crippen molar-refractivity contribution in [2.24, 2.45) is 0 Å². The van der Waals surface area contributed by atoms with Gasteiger partial charge in [-0.1, -0.05) is 24.3 Å². The molecule has 0 fully saturated rings. The van der Waals surface area contributed by atoms with Crippen molar-refractivity contribution in [2.75, 3.05) is 0 Å². The molecule has 122 valence electrons. The number of halogens is 1. The van der Waals surface area contributed by atoms with Gasteiger partial charge in [0, 0.05) is 0 Å². The van der Waals surface area contributed by atoms with Gasteiger partial charge in [0.05, 0.1) is 22.0 Å². The smallest absolute Gasteiger partial charge is 0.266 e. The molecule has 0 aliphatic carbocycles. The summed E-state index contributed by atoms with van der Waals surface area (Å²) in [5.41, 5.74) is 1.54. The van der Waals surface area contributed by atoms with E-state index < -0.39 is 5.41 Å². The molecule has 25 heavy (non-hydrogen) atoms. The number of hydrogen-bond donors (Lipinski definition) is 0. The van der Waals surface area contributed by atoms with Gasteiger partial charge in [-0.05, 0) is 60.5 Å². The highest BCUT2D eigenvalue weighted by Crippen LogP contribution is 2.41. The van der Waals surface area contributed by atoms with Crippen molar-refractivity contribution >= 4 is 21.7 Å². The first-order valence-electron chi connectivity index (χ1n) is 8.23. The normalized spacial score (nSPS) is 14.7. The van der Waals surface area contributed by atoms with Crippen LogP contribution in [0, 0.1) is 5.82 Å². The molecule has 0 saturated carbocycles. The summed E-state index contributed by atoms with van der Waals surface area (Å²) in [6, 6.07) is 16.3. The van der Waals surface area contributed by atoms with Crippen molar-refractivity contribution in [2.45, 2.75) is 19.3 Å². The summed E-state index contributed by atoms with van der Waals surface area (Å²) in [6.07, 6.45) is 0. The number of benzene rings is 3. The number of aromatic nitrogens is 2. The second-order valence-corrected chi connectivity index (χ2v) is 7.08. The first-order chi connectivity index (χ1) is 12.0. The van der Waals surface area contributed by atoms with Crippen LogP contribution in [-0.2, 0) is 5.41 Å². The largest absolute Gasteiger partial charge is 0.268 e. The van der Waals surface area contributed by atoms with Crippen LogP contribution in [-0.4, -0.2) is 9.55 Å². The van der Waals surface area contributed by atoms with Crippen LogP contribution >= 0.6 is 0 Å². The van der Waals surface area contributed by atoms with E-state index in [2.05, 4.69) is 0 Å². The molecule has 4 aromatic rings. The van der Waals surface area contributed by atoms with Crippen LogP contribution in [0.15, 0.2) is 59.4 Å². The monoisotopic (exact) mass is 330 g/mol. The molecule has 2 heterocycles. The second kappa shape index (κ2) is 4.54. The minimum Gasteiger partial charge on any atom is -0.268 e. The highest BCUT2D eigenvalue weighted by Gasteiger charge is 2.38. The predicted molar refractivity (Wildman–Crippen MR) is 96.9 cm³/mol. The average Bonchev–Trinajstić information content (AvgIpc) is 2.81. The zero-order valence-corrected chi connectivity index (χ0v) is 13.9. The first kappa shape index (κ1) is 14.3. The van der Waals surface area contributed by atoms with E-state index >= 15 is 0 Å². The first-order valence-corrected chi connectivity index (χ1v) is 8.23. The molecule has 1 aromatic heterocycles. The highest BCUT2D eigenvalue weighted by atomic mass is 19.1. The highest BCUT2D eigenvalue weighted by molar-refractivity contribution is 5.96. The molecule has 0 spiro atoms. The molecule has 0 radical (unpaired) electrons. The van der Waals surface area contributed by atoms with E-state index in [1.807, 2.05) is 50.2 Å². The van der Waals surface area contributed by atoms with E-state index in [0.29, 0.717) is 22.4 Å². The Bertz CT molecular complexity index is 1250. The van der Waals surface area contributed by atoms with Gasteiger partial charge >= 0.3 is 0 Å². The SMILES string of the molecule is CC1(C)c2cc(F)ccc2-n2c1nc1cc3ccccc3cc1c2=O. The third kappa shape index (κ3) is 1.79. The summed E-state index contributed by atoms with van der Waals surface area (Å²) in [6.45, 7) is 3.95. The summed E-state index contributed by atoms with van der Waals surface area (Å²) < 4.78 is 15.4. The minimum atomic E-state index is -0.531. The third-order valence-corrected chi connectivity index (χ3v) is 5.17. The molecule has 3 nitrogen and oxygen atoms in total. The number of fused-ring (bicyclic) bond motifs is 5. The van der Waals surface area contributed by atoms with Crippen LogP contribution in [0.2, 0.25) is 0 Å². The third-order valence-electron chi connectivity index (χ3n) is 5.17. The quantitative estimate of drug-likeness (QED) is 0.450. The predicted octanol–water partition coefficient (Wildman–Crippen LogP) is 4.32. The van der Waals surface area contributed by atoms with E-state index in [4.69, 9.17) is 4.98 Å². The van der Waals surface area contributed by atoms with E-state index in [1.165, 1.54) is 12.1 Å². The molecule has 5 rings (SSSR count). The van der Waals surface area contributed by atoms with Crippen LogP contribution < -0.4 is 5.56 Å². The lowest BCUT2D eigenvalue weighted by molar-refractivity contribution is 0.593. The number of rotatable bonds is 0. The molecule has 0 bridgehead atoms. The van der Waals surface area contributed by atoms with Crippen LogP contribution in [0.3, 0.4) is 0 Å². The number of nitrogens with zero attached hydrogens (tertiary/aromatic N) is 2. The molecule has 4 heteroatoms. The van der Waals surface area contributed by atoms with Crippen molar-refractivity contribution in [3.05, 3.63) is 82.2 Å². The van der Waals surface area contributed by atoms with Gasteiger partial charge in [0.25, 0.3) is 5.56 Å². The Hall–Kier alpha value is -3.01. The Morgan fingerprint density at radius 2 is 1.72 bits per heavy atom. The number of hydrogen-bond acceptors (Lipinski definition) is 2. The maximum absolute atomic E-state index is 13.8. The van der Waals surface area contributed by atoms with E-state index in [0.717, 1.165) is 16.3 Å². The van der Waals surface area contributed by atoms with E-state index in [1.54, 1.807) is 10.6 Å². The minimum absolute atomic E-state index is 0.107. The van der Waals surface area contributed by atoms with Crippen molar-refractivity contribution in [1.29, 1.82) is 0 Å². The topological polar surface area (TPSA) is 34.9 Å². The maximum Gasteiger partial charge on any atom is 0.266 e. The Morgan fingerprint density at radius 1 is 1.00 bits per heavy atom. The van der Waals surface area contributed by atoms with Crippen molar-refractivity contribution in [1.82, 2.24) is 9.55 Å². The molecule has 0 amide bonds. The Balaban J connectivity index is 1.96.